The second-order valence-corrected chi connectivity index (χ2v) is 7.98. The molecule has 1 aliphatic rings. The molecule has 0 radical (unpaired) electrons. The topological polar surface area (TPSA) is 84.5 Å². The first-order valence-corrected chi connectivity index (χ1v) is 9.49. The molecule has 1 unspecified atom stereocenters. The first kappa shape index (κ1) is 17.4. The number of nitrogens with one attached hydrogen (secondary N) is 2. The molecule has 0 saturated carbocycles. The molecule has 0 bridgehead atoms. The number of hydrogen-bond donors (Lipinski definition) is 2. The molecule has 1 atom stereocenters. The lowest BCUT2D eigenvalue weighted by molar-refractivity contribution is -0.122. The van der Waals surface area contributed by atoms with Gasteiger partial charge in [-0.1, -0.05) is 18.2 Å². The van der Waals surface area contributed by atoms with Crippen LogP contribution in [0.25, 0.3) is 11.1 Å². The Hall–Kier alpha value is -2.38. The van der Waals surface area contributed by atoms with E-state index in [4.69, 9.17) is 4.74 Å². The largest absolute Gasteiger partial charge is 0.479 e. The minimum atomic E-state index is -3.57. The van der Waals surface area contributed by atoms with Crippen molar-refractivity contribution in [3.05, 3.63) is 42.5 Å². The molecular formula is C18H20N2O4S. The monoisotopic (exact) mass is 360 g/mol. The van der Waals surface area contributed by atoms with Crippen molar-refractivity contribution in [3.63, 3.8) is 0 Å². The molecule has 1 aliphatic heterocycles. The van der Waals surface area contributed by atoms with Crippen molar-refractivity contribution in [2.45, 2.75) is 37.8 Å². The molecule has 1 heterocycles. The van der Waals surface area contributed by atoms with E-state index in [0.29, 0.717) is 11.4 Å². The van der Waals surface area contributed by atoms with Gasteiger partial charge in [-0.25, -0.2) is 13.1 Å². The van der Waals surface area contributed by atoms with Crippen LogP contribution < -0.4 is 14.8 Å². The van der Waals surface area contributed by atoms with Gasteiger partial charge in [0.05, 0.1) is 10.6 Å². The van der Waals surface area contributed by atoms with Crippen molar-refractivity contribution < 1.29 is 17.9 Å². The lowest BCUT2D eigenvalue weighted by Crippen LogP contribution is -2.34. The Morgan fingerprint density at radius 2 is 1.84 bits per heavy atom. The van der Waals surface area contributed by atoms with Crippen LogP contribution in [-0.2, 0) is 14.8 Å². The van der Waals surface area contributed by atoms with Crippen LogP contribution in [0.3, 0.4) is 0 Å². The Morgan fingerprint density at radius 3 is 2.56 bits per heavy atom. The lowest BCUT2D eigenvalue weighted by atomic mass is 10.0. The zero-order valence-electron chi connectivity index (χ0n) is 14.2. The summed E-state index contributed by atoms with van der Waals surface area (Å²) in [4.78, 5) is 12.0. The van der Waals surface area contributed by atoms with Gasteiger partial charge in [-0.15, -0.1) is 0 Å². The highest BCUT2D eigenvalue weighted by Gasteiger charge is 2.24. The van der Waals surface area contributed by atoms with E-state index in [1.165, 1.54) is 0 Å². The number of carbonyl (C=O) groups excluding carboxylic acids is 1. The fourth-order valence-electron chi connectivity index (χ4n) is 2.61. The molecule has 7 heteroatoms. The molecule has 132 valence electrons. The molecule has 1 amide bonds. The Balaban J connectivity index is 1.97. The molecule has 0 saturated heterocycles. The van der Waals surface area contributed by atoms with E-state index in [1.54, 1.807) is 51.1 Å². The first-order chi connectivity index (χ1) is 11.8. The summed E-state index contributed by atoms with van der Waals surface area (Å²) in [5, 5.41) is 2.80. The molecule has 6 nitrogen and oxygen atoms in total. The van der Waals surface area contributed by atoms with Gasteiger partial charge in [-0.05, 0) is 56.2 Å². The van der Waals surface area contributed by atoms with Gasteiger partial charge < -0.3 is 10.1 Å². The number of fused-ring (bicyclic) bond motifs is 1. The van der Waals surface area contributed by atoms with Crippen molar-refractivity contribution in [2.24, 2.45) is 0 Å². The highest BCUT2D eigenvalue weighted by Crippen LogP contribution is 2.34. The summed E-state index contributed by atoms with van der Waals surface area (Å²) >= 11 is 0. The lowest BCUT2D eigenvalue weighted by Gasteiger charge is -2.23. The standard InChI is InChI=1S/C18H20N2O4S/c1-11(2)20-25(22,23)15-6-4-5-13(9-15)14-7-8-17-16(10-14)19-18(21)12(3)24-17/h4-12,20H,1-3H3,(H,19,21). The summed E-state index contributed by atoms with van der Waals surface area (Å²) in [7, 11) is -3.57. The van der Waals surface area contributed by atoms with E-state index in [9.17, 15) is 13.2 Å². The third-order valence-corrected chi connectivity index (χ3v) is 5.44. The average molecular weight is 360 g/mol. The smallest absolute Gasteiger partial charge is 0.265 e. The van der Waals surface area contributed by atoms with Gasteiger partial charge in [0, 0.05) is 6.04 Å². The summed E-state index contributed by atoms with van der Waals surface area (Å²) in [5.41, 5.74) is 2.11. The zero-order chi connectivity index (χ0) is 18.2. The van der Waals surface area contributed by atoms with Crippen LogP contribution in [0.4, 0.5) is 5.69 Å². The Kier molecular flexibility index (Phi) is 4.53. The Morgan fingerprint density at radius 1 is 1.12 bits per heavy atom. The molecule has 0 aromatic heterocycles. The van der Waals surface area contributed by atoms with Crippen molar-refractivity contribution >= 4 is 21.6 Å². The number of hydrogen-bond acceptors (Lipinski definition) is 4. The molecule has 2 N–H and O–H groups in total. The number of anilines is 1. The molecule has 0 fully saturated rings. The van der Waals surface area contributed by atoms with Crippen molar-refractivity contribution in [1.29, 1.82) is 0 Å². The summed E-state index contributed by atoms with van der Waals surface area (Å²) in [5.74, 6) is 0.392. The normalized spacial score (nSPS) is 17.0. The quantitative estimate of drug-likeness (QED) is 0.878. The van der Waals surface area contributed by atoms with Gasteiger partial charge in [0.1, 0.15) is 5.75 Å². The van der Waals surface area contributed by atoms with E-state index in [1.807, 2.05) is 12.1 Å². The maximum Gasteiger partial charge on any atom is 0.265 e. The molecule has 25 heavy (non-hydrogen) atoms. The van der Waals surface area contributed by atoms with E-state index in [0.717, 1.165) is 11.1 Å². The van der Waals surface area contributed by atoms with Gasteiger partial charge in [-0.3, -0.25) is 4.79 Å². The van der Waals surface area contributed by atoms with E-state index < -0.39 is 16.1 Å². The first-order valence-electron chi connectivity index (χ1n) is 8.00. The minimum absolute atomic E-state index is 0.188. The van der Waals surface area contributed by atoms with E-state index >= 15 is 0 Å². The van der Waals surface area contributed by atoms with Crippen LogP contribution in [0.1, 0.15) is 20.8 Å². The second kappa shape index (κ2) is 6.50. The van der Waals surface area contributed by atoms with Crippen molar-refractivity contribution in [2.75, 3.05) is 5.32 Å². The fourth-order valence-corrected chi connectivity index (χ4v) is 3.91. The number of amides is 1. The summed E-state index contributed by atoms with van der Waals surface area (Å²) in [6, 6.07) is 11.9. The molecular weight excluding hydrogens is 340 g/mol. The van der Waals surface area contributed by atoms with E-state index in [-0.39, 0.29) is 16.8 Å². The highest BCUT2D eigenvalue weighted by atomic mass is 32.2. The van der Waals surface area contributed by atoms with Crippen LogP contribution in [0.5, 0.6) is 5.75 Å². The number of rotatable bonds is 4. The molecule has 0 aliphatic carbocycles. The average Bonchev–Trinajstić information content (AvgIpc) is 2.54. The molecule has 2 aromatic carbocycles. The third-order valence-electron chi connectivity index (χ3n) is 3.78. The maximum absolute atomic E-state index is 12.3. The Bertz CT molecular complexity index is 922. The molecule has 2 aromatic rings. The second-order valence-electron chi connectivity index (χ2n) is 6.26. The maximum atomic E-state index is 12.3. The van der Waals surface area contributed by atoms with Gasteiger partial charge in [0.25, 0.3) is 5.91 Å². The Labute approximate surface area is 147 Å². The van der Waals surface area contributed by atoms with Crippen molar-refractivity contribution in [1.82, 2.24) is 4.72 Å². The number of carbonyl (C=O) groups is 1. The number of sulfonamides is 1. The van der Waals surface area contributed by atoms with Crippen LogP contribution in [0.15, 0.2) is 47.4 Å². The van der Waals surface area contributed by atoms with Crippen molar-refractivity contribution in [3.8, 4) is 16.9 Å². The zero-order valence-corrected chi connectivity index (χ0v) is 15.1. The van der Waals surface area contributed by atoms with Gasteiger partial charge in [0.2, 0.25) is 10.0 Å². The molecule has 3 rings (SSSR count). The number of ether oxygens (including phenoxy) is 1. The predicted octanol–water partition coefficient (Wildman–Crippen LogP) is 2.76. The van der Waals surface area contributed by atoms with Gasteiger partial charge in [-0.2, -0.15) is 0 Å². The highest BCUT2D eigenvalue weighted by molar-refractivity contribution is 7.89. The predicted molar refractivity (Wildman–Crippen MR) is 96.1 cm³/mol. The summed E-state index contributed by atoms with van der Waals surface area (Å²) in [6.07, 6.45) is -0.533. The summed E-state index contributed by atoms with van der Waals surface area (Å²) in [6.45, 7) is 5.23. The van der Waals surface area contributed by atoms with Gasteiger partial charge in [0.15, 0.2) is 6.10 Å². The third kappa shape index (κ3) is 3.67. The van der Waals surface area contributed by atoms with Crippen LogP contribution in [0.2, 0.25) is 0 Å². The molecule has 0 spiro atoms. The van der Waals surface area contributed by atoms with E-state index in [2.05, 4.69) is 10.0 Å². The summed E-state index contributed by atoms with van der Waals surface area (Å²) < 4.78 is 32.8. The number of benzene rings is 2. The van der Waals surface area contributed by atoms with Gasteiger partial charge >= 0.3 is 0 Å². The fraction of sp³-hybridized carbons (Fsp3) is 0.278. The van der Waals surface area contributed by atoms with Crippen LogP contribution >= 0.6 is 0 Å². The minimum Gasteiger partial charge on any atom is -0.479 e. The van der Waals surface area contributed by atoms with Crippen LogP contribution in [-0.4, -0.2) is 26.5 Å². The van der Waals surface area contributed by atoms with Crippen LogP contribution in [0, 0.1) is 0 Å². The SMILES string of the molecule is CC(C)NS(=O)(=O)c1cccc(-c2ccc3c(c2)NC(=O)C(C)O3)c1.